The first-order valence-corrected chi connectivity index (χ1v) is 30.8. The van der Waals surface area contributed by atoms with Crippen LogP contribution in [0.1, 0.15) is 109 Å². The number of nitrogens with zero attached hydrogens (tertiary/aromatic N) is 7. The first-order chi connectivity index (χ1) is 34.0. The Labute approximate surface area is 457 Å². The molecule has 0 saturated carbocycles. The highest BCUT2D eigenvalue weighted by atomic mass is 35.5. The van der Waals surface area contributed by atoms with E-state index < -0.39 is 33.6 Å². The lowest BCUT2D eigenvalue weighted by Crippen LogP contribution is -2.45. The highest BCUT2D eigenvalue weighted by Crippen LogP contribution is 2.42. The van der Waals surface area contributed by atoms with E-state index in [1.54, 1.807) is 42.5 Å². The fourth-order valence-electron chi connectivity index (χ4n) is 6.67. The van der Waals surface area contributed by atoms with E-state index in [4.69, 9.17) is 69.8 Å². The Morgan fingerprint density at radius 1 is 0.676 bits per heavy atom. The smallest absolute Gasteiger partial charge is 0.269 e. The summed E-state index contributed by atoms with van der Waals surface area (Å²) in [5.41, 5.74) is 11.6. The molecule has 22 heteroatoms. The van der Waals surface area contributed by atoms with Crippen LogP contribution in [0.4, 0.5) is 22.7 Å². The predicted octanol–water partition coefficient (Wildman–Crippen LogP) is 15.8. The van der Waals surface area contributed by atoms with Crippen LogP contribution in [-0.2, 0) is 8.85 Å². The first-order valence-electron chi connectivity index (χ1n) is 23.2. The number of halogens is 4. The monoisotopic (exact) mass is 1120 g/mol. The van der Waals surface area contributed by atoms with Crippen LogP contribution in [0.5, 0.6) is 0 Å². The van der Waals surface area contributed by atoms with Gasteiger partial charge < -0.3 is 34.1 Å². The molecule has 0 amide bonds. The van der Waals surface area contributed by atoms with Gasteiger partial charge in [0.2, 0.25) is 23.6 Å². The second kappa shape index (κ2) is 26.3. The predicted molar refractivity (Wildman–Crippen MR) is 304 cm³/mol. The largest absolute Gasteiger partial charge is 0.418 e. The first kappa shape index (κ1) is 62.7. The number of anilines is 3. The molecular formula is C52H68Cl4N10O6Si2. The number of nitro benzene ring substituents is 1. The Kier molecular flexibility index (Phi) is 22.3. The maximum Gasteiger partial charge on any atom is 0.269 e. The average Bonchev–Trinajstić information content (AvgIpc) is 4.01. The van der Waals surface area contributed by atoms with Gasteiger partial charge in [-0.1, -0.05) is 72.2 Å². The molecule has 0 aliphatic carbocycles. The molecule has 0 radical (unpaired) electrons. The number of nitrogens with one attached hydrogen (secondary N) is 2. The van der Waals surface area contributed by atoms with Gasteiger partial charge in [0.1, 0.15) is 24.2 Å². The van der Waals surface area contributed by atoms with E-state index in [-0.39, 0.29) is 46.6 Å². The lowest BCUT2D eigenvalue weighted by Gasteiger charge is -2.40. The van der Waals surface area contributed by atoms with Gasteiger partial charge in [-0.25, -0.2) is 0 Å². The number of hydrogen-bond donors (Lipinski definition) is 3. The van der Waals surface area contributed by atoms with Crippen molar-refractivity contribution in [3.05, 3.63) is 127 Å². The van der Waals surface area contributed by atoms with Gasteiger partial charge in [-0.15, -0.1) is 43.6 Å². The molecule has 74 heavy (non-hydrogen) atoms. The van der Waals surface area contributed by atoms with Crippen LogP contribution in [-0.4, -0.2) is 59.5 Å². The van der Waals surface area contributed by atoms with Gasteiger partial charge in [0.15, 0.2) is 16.6 Å². The van der Waals surface area contributed by atoms with Crippen LogP contribution in [0.3, 0.4) is 0 Å². The Bertz CT molecular complexity index is 2910. The number of nitro groups is 1. The number of rotatable bonds is 15. The van der Waals surface area contributed by atoms with Gasteiger partial charge in [-0.3, -0.25) is 10.1 Å². The number of nitrogen functional groups attached to an aromatic ring is 1. The van der Waals surface area contributed by atoms with Crippen LogP contribution in [0, 0.1) is 46.6 Å². The van der Waals surface area contributed by atoms with Crippen molar-refractivity contribution < 1.29 is 22.6 Å². The standard InChI is InChI=1S/C25H30ClN5O4Si.C25H32ClN5O2Si.CH2Cl2.CH4/c1-15-20(13-10-18(14-27)21(15)26)28-22(16(2)35-36(6,7)25(3,4)5)24-30-29-23(34-24)17-8-11-19(12-9-17)31(32)33;1-15-20(13-10-18(14-27)21(15)26)29-22(16(2)33-34(6,7)25(3,4)5)24-31-30-23(32-24)17-8-11-19(28)12-9-17;2-1-3;/h8-13,16,22,28H,1-7H3;8-13,16,22,29H,28H2,1-7H3;1H2;1H4/t2*16-,22+;;/m00../s1. The van der Waals surface area contributed by atoms with Crippen LogP contribution < -0.4 is 16.4 Å². The van der Waals surface area contributed by atoms with E-state index in [0.717, 1.165) is 22.4 Å². The maximum absolute atomic E-state index is 11.0. The van der Waals surface area contributed by atoms with E-state index >= 15 is 0 Å². The summed E-state index contributed by atoms with van der Waals surface area (Å²) in [6.07, 6.45) is -0.640. The molecule has 0 saturated heterocycles. The lowest BCUT2D eigenvalue weighted by molar-refractivity contribution is -0.384. The molecule has 0 bridgehead atoms. The third-order valence-corrected chi connectivity index (χ3v) is 23.2. The number of nitriles is 2. The van der Waals surface area contributed by atoms with Crippen LogP contribution in [0.15, 0.2) is 81.6 Å². The van der Waals surface area contributed by atoms with Gasteiger partial charge in [-0.05, 0) is 136 Å². The zero-order chi connectivity index (χ0) is 54.8. The minimum Gasteiger partial charge on any atom is -0.418 e. The number of non-ortho nitro benzene ring substituents is 1. The Hall–Kier alpha value is -5.55. The Morgan fingerprint density at radius 2 is 1.01 bits per heavy atom. The Balaban J connectivity index is 0.000000366. The maximum atomic E-state index is 11.0. The quantitative estimate of drug-likeness (QED) is 0.0285. The zero-order valence-electron chi connectivity index (χ0n) is 43.6. The minimum absolute atomic E-state index is 0. The molecule has 0 fully saturated rings. The fourth-order valence-corrected chi connectivity index (χ4v) is 9.93. The summed E-state index contributed by atoms with van der Waals surface area (Å²) < 4.78 is 25.5. The van der Waals surface area contributed by atoms with E-state index in [1.165, 1.54) is 12.1 Å². The molecule has 4 N–H and O–H groups in total. The van der Waals surface area contributed by atoms with Crippen molar-refractivity contribution in [1.29, 1.82) is 10.5 Å². The third-order valence-electron chi connectivity index (χ3n) is 13.0. The summed E-state index contributed by atoms with van der Waals surface area (Å²) in [7, 11) is -4.25. The van der Waals surface area contributed by atoms with Gasteiger partial charge in [-0.2, -0.15) is 10.5 Å². The fraction of sp³-hybridized carbons (Fsp3) is 0.423. The summed E-state index contributed by atoms with van der Waals surface area (Å²) in [5.74, 6) is 1.34. The second-order valence-electron chi connectivity index (χ2n) is 20.3. The van der Waals surface area contributed by atoms with Crippen molar-refractivity contribution in [2.24, 2.45) is 0 Å². The summed E-state index contributed by atoms with van der Waals surface area (Å²) in [6.45, 7) is 29.5. The summed E-state index contributed by atoms with van der Waals surface area (Å²) in [5, 5.41) is 54.6. The van der Waals surface area contributed by atoms with E-state index in [2.05, 4.69) is 111 Å². The molecule has 0 aliphatic heterocycles. The van der Waals surface area contributed by atoms with Crippen molar-refractivity contribution in [3.63, 3.8) is 0 Å². The van der Waals surface area contributed by atoms with Crippen molar-refractivity contribution in [2.45, 2.75) is 137 Å². The summed E-state index contributed by atoms with van der Waals surface area (Å²) in [6, 6.07) is 23.4. The molecule has 2 heterocycles. The molecule has 0 spiro atoms. The van der Waals surface area contributed by atoms with E-state index in [0.29, 0.717) is 55.8 Å². The number of alkyl halides is 2. The SMILES string of the molecule is C.Cc1c(N[C@@H](c2nnc(-c3ccc(N)cc3)o2)[C@H](C)O[Si](C)(C)C(C)(C)C)ccc(C#N)c1Cl.Cc1c(N[C@@H](c2nnc(-c3ccc([N+](=O)[O-])cc3)o2)[C@H](C)O[Si](C)(C)C(C)(C)C)ccc(C#N)c1Cl.ClCCl. The topological polar surface area (TPSA) is 237 Å². The van der Waals surface area contributed by atoms with Crippen molar-refractivity contribution in [1.82, 2.24) is 20.4 Å². The molecule has 2 aromatic heterocycles. The number of hydrogen-bond acceptors (Lipinski definition) is 15. The molecule has 0 aliphatic rings. The number of benzene rings is 4. The minimum atomic E-state index is -2.16. The number of aromatic nitrogens is 4. The zero-order valence-corrected chi connectivity index (χ0v) is 48.6. The molecule has 0 unspecified atom stereocenters. The lowest BCUT2D eigenvalue weighted by atomic mass is 10.1. The molecule has 4 aromatic carbocycles. The van der Waals surface area contributed by atoms with Gasteiger partial charge in [0.05, 0.1) is 43.6 Å². The van der Waals surface area contributed by atoms with Crippen molar-refractivity contribution in [2.75, 3.05) is 21.7 Å². The summed E-state index contributed by atoms with van der Waals surface area (Å²) in [4.78, 5) is 10.5. The molecule has 6 rings (SSSR count). The van der Waals surface area contributed by atoms with Gasteiger partial charge in [0, 0.05) is 40.3 Å². The van der Waals surface area contributed by atoms with Crippen LogP contribution >= 0.6 is 46.4 Å². The highest BCUT2D eigenvalue weighted by Gasteiger charge is 2.42. The third kappa shape index (κ3) is 15.7. The second-order valence-corrected chi connectivity index (χ2v) is 31.3. The van der Waals surface area contributed by atoms with E-state index in [9.17, 15) is 20.6 Å². The molecule has 16 nitrogen and oxygen atoms in total. The molecule has 4 atom stereocenters. The van der Waals surface area contributed by atoms with Gasteiger partial charge in [0.25, 0.3) is 5.69 Å². The van der Waals surface area contributed by atoms with Gasteiger partial charge >= 0.3 is 0 Å². The highest BCUT2D eigenvalue weighted by molar-refractivity contribution is 6.74. The van der Waals surface area contributed by atoms with Crippen LogP contribution in [0.25, 0.3) is 22.9 Å². The molecule has 6 aromatic rings. The summed E-state index contributed by atoms with van der Waals surface area (Å²) >= 11 is 22.4. The average molecular weight is 1130 g/mol. The molecule has 398 valence electrons. The number of nitrogens with two attached hydrogens (primary N) is 1. The van der Waals surface area contributed by atoms with E-state index in [1.807, 2.05) is 45.9 Å². The normalized spacial score (nSPS) is 13.2. The molecular weight excluding hydrogens is 1060 g/mol. The van der Waals surface area contributed by atoms with Crippen molar-refractivity contribution >= 4 is 85.8 Å². The van der Waals surface area contributed by atoms with Crippen molar-refractivity contribution in [3.8, 4) is 35.0 Å². The Morgan fingerprint density at radius 3 is 1.32 bits per heavy atom. The van der Waals surface area contributed by atoms with Crippen LogP contribution in [0.2, 0.25) is 46.3 Å².